The molecule has 3 rings (SSSR count). The number of phenolic OH excluding ortho intramolecular Hbond substituents is 1. The molecule has 0 aliphatic carbocycles. The first-order valence-corrected chi connectivity index (χ1v) is 9.55. The number of hydrogen-bond acceptors (Lipinski definition) is 8. The number of furan rings is 1. The Morgan fingerprint density at radius 3 is 2.72 bits per heavy atom. The Kier molecular flexibility index (Phi) is 6.86. The summed E-state index contributed by atoms with van der Waals surface area (Å²) in [4.78, 5) is 34.3. The number of nitro groups is 1. The van der Waals surface area contributed by atoms with E-state index in [4.69, 9.17) is 20.8 Å². The Bertz CT molecular complexity index is 1220. The van der Waals surface area contributed by atoms with Gasteiger partial charge in [-0.1, -0.05) is 11.6 Å². The molecule has 0 saturated heterocycles. The molecule has 10 nitrogen and oxygen atoms in total. The molecule has 0 spiro atoms. The first kappa shape index (κ1) is 22.5. The Hall–Kier alpha value is -4.18. The molecule has 0 fully saturated rings. The minimum atomic E-state index is -0.842. The average molecular weight is 458 g/mol. The molecule has 1 aromatic heterocycles. The summed E-state index contributed by atoms with van der Waals surface area (Å²) >= 11 is 6.06. The number of carbonyl (C=O) groups excluding carboxylic acids is 2. The molecule has 1 heterocycles. The second-order valence-corrected chi connectivity index (χ2v) is 6.68. The maximum Gasteiger partial charge on any atom is 0.339 e. The average Bonchev–Trinajstić information content (AvgIpc) is 3.23. The number of nitrogens with one attached hydrogen (secondary N) is 1. The number of aromatic hydroxyl groups is 1. The van der Waals surface area contributed by atoms with Gasteiger partial charge in [0.1, 0.15) is 17.3 Å². The highest BCUT2D eigenvalue weighted by Crippen LogP contribution is 2.27. The number of ether oxygens (including phenoxy) is 1. The maximum atomic E-state index is 12.1. The smallest absolute Gasteiger partial charge is 0.339 e. The van der Waals surface area contributed by atoms with Crippen LogP contribution in [0, 0.1) is 10.1 Å². The zero-order chi connectivity index (χ0) is 23.3. The van der Waals surface area contributed by atoms with Gasteiger partial charge in [0.15, 0.2) is 0 Å². The summed E-state index contributed by atoms with van der Waals surface area (Å²) < 4.78 is 10.6. The Morgan fingerprint density at radius 2 is 2.00 bits per heavy atom. The van der Waals surface area contributed by atoms with Crippen LogP contribution in [0.15, 0.2) is 58.0 Å². The van der Waals surface area contributed by atoms with E-state index in [1.807, 2.05) is 0 Å². The Morgan fingerprint density at radius 1 is 1.22 bits per heavy atom. The number of benzene rings is 2. The third-order valence-corrected chi connectivity index (χ3v) is 4.50. The topological polar surface area (TPSA) is 144 Å². The molecule has 1 amide bonds. The monoisotopic (exact) mass is 457 g/mol. The predicted octanol–water partition coefficient (Wildman–Crippen LogP) is 4.15. The third kappa shape index (κ3) is 5.10. The van der Waals surface area contributed by atoms with Crippen molar-refractivity contribution < 1.29 is 28.8 Å². The summed E-state index contributed by atoms with van der Waals surface area (Å²) in [5, 5.41) is 24.6. The molecule has 0 saturated carbocycles. The summed E-state index contributed by atoms with van der Waals surface area (Å²) in [6, 6.07) is 11.0. The van der Waals surface area contributed by atoms with E-state index in [9.17, 15) is 24.8 Å². The van der Waals surface area contributed by atoms with Crippen molar-refractivity contribution >= 4 is 35.4 Å². The van der Waals surface area contributed by atoms with Crippen LogP contribution in [0.25, 0.3) is 11.3 Å². The summed E-state index contributed by atoms with van der Waals surface area (Å²) in [6.45, 7) is 1.90. The number of carbonyl (C=O) groups is 2. The number of nitro benzene ring substituents is 1. The number of phenols is 1. The van der Waals surface area contributed by atoms with Crippen LogP contribution in [0.2, 0.25) is 5.02 Å². The van der Waals surface area contributed by atoms with E-state index in [-0.39, 0.29) is 34.2 Å². The standard InChI is InChI=1S/C21H16ClN3O7/c1-2-31-21(28)15-9-12(3-6-17(15)22)19-8-5-14(32-19)11-23-24-20(27)16-10-13(25(29)30)4-7-18(16)26/h3-11,26H,2H2,1H3,(H,24,27)/b23-11-. The van der Waals surface area contributed by atoms with Crippen molar-refractivity contribution in [2.75, 3.05) is 6.61 Å². The molecule has 2 N–H and O–H groups in total. The lowest BCUT2D eigenvalue weighted by molar-refractivity contribution is -0.384. The predicted molar refractivity (Wildman–Crippen MR) is 115 cm³/mol. The molecule has 0 bridgehead atoms. The van der Waals surface area contributed by atoms with Crippen molar-refractivity contribution in [2.24, 2.45) is 5.10 Å². The number of esters is 1. The van der Waals surface area contributed by atoms with Gasteiger partial charge >= 0.3 is 5.97 Å². The highest BCUT2D eigenvalue weighted by atomic mass is 35.5. The zero-order valence-electron chi connectivity index (χ0n) is 16.6. The van der Waals surface area contributed by atoms with E-state index in [0.717, 1.165) is 18.2 Å². The van der Waals surface area contributed by atoms with Gasteiger partial charge < -0.3 is 14.3 Å². The molecule has 2 aromatic carbocycles. The van der Waals surface area contributed by atoms with Crippen LogP contribution in [0.3, 0.4) is 0 Å². The molecule has 11 heteroatoms. The van der Waals surface area contributed by atoms with Crippen LogP contribution in [-0.2, 0) is 4.74 Å². The van der Waals surface area contributed by atoms with Crippen LogP contribution < -0.4 is 5.43 Å². The van der Waals surface area contributed by atoms with Gasteiger partial charge in [-0.2, -0.15) is 5.10 Å². The van der Waals surface area contributed by atoms with E-state index >= 15 is 0 Å². The van der Waals surface area contributed by atoms with E-state index in [0.29, 0.717) is 11.3 Å². The van der Waals surface area contributed by atoms with Crippen LogP contribution >= 0.6 is 11.6 Å². The lowest BCUT2D eigenvalue weighted by Crippen LogP contribution is -2.17. The van der Waals surface area contributed by atoms with Gasteiger partial charge in [0.05, 0.1) is 33.9 Å². The summed E-state index contributed by atoms with van der Waals surface area (Å²) in [6.07, 6.45) is 1.21. The van der Waals surface area contributed by atoms with Crippen LogP contribution in [0.1, 0.15) is 33.4 Å². The van der Waals surface area contributed by atoms with Gasteiger partial charge in [-0.15, -0.1) is 0 Å². The van der Waals surface area contributed by atoms with E-state index < -0.39 is 22.5 Å². The fourth-order valence-corrected chi connectivity index (χ4v) is 2.85. The molecule has 0 aliphatic rings. The van der Waals surface area contributed by atoms with Crippen molar-refractivity contribution in [1.29, 1.82) is 0 Å². The van der Waals surface area contributed by atoms with Gasteiger partial charge in [-0.3, -0.25) is 14.9 Å². The third-order valence-electron chi connectivity index (χ3n) is 4.17. The number of hydrazone groups is 1. The van der Waals surface area contributed by atoms with Gasteiger partial charge in [0.2, 0.25) is 0 Å². The highest BCUT2D eigenvalue weighted by molar-refractivity contribution is 6.33. The lowest BCUT2D eigenvalue weighted by Gasteiger charge is -2.05. The molecule has 0 radical (unpaired) electrons. The fraction of sp³-hybridized carbons (Fsp3) is 0.0952. The minimum absolute atomic E-state index is 0.196. The molecule has 32 heavy (non-hydrogen) atoms. The maximum absolute atomic E-state index is 12.1. The van der Waals surface area contributed by atoms with Gasteiger partial charge in [0, 0.05) is 17.7 Å². The fourth-order valence-electron chi connectivity index (χ4n) is 2.66. The zero-order valence-corrected chi connectivity index (χ0v) is 17.3. The molecule has 164 valence electrons. The van der Waals surface area contributed by atoms with Crippen molar-refractivity contribution in [2.45, 2.75) is 6.92 Å². The van der Waals surface area contributed by atoms with Gasteiger partial charge in [-0.05, 0) is 43.3 Å². The minimum Gasteiger partial charge on any atom is -0.507 e. The molecule has 0 unspecified atom stereocenters. The molecular formula is C21H16ClN3O7. The van der Waals surface area contributed by atoms with Crippen molar-refractivity contribution in [3.63, 3.8) is 0 Å². The number of nitrogens with zero attached hydrogens (tertiary/aromatic N) is 2. The quantitative estimate of drug-likeness (QED) is 0.234. The Balaban J connectivity index is 1.73. The van der Waals surface area contributed by atoms with Gasteiger partial charge in [0.25, 0.3) is 11.6 Å². The summed E-state index contributed by atoms with van der Waals surface area (Å²) in [5.41, 5.74) is 2.28. The highest BCUT2D eigenvalue weighted by Gasteiger charge is 2.17. The lowest BCUT2D eigenvalue weighted by atomic mass is 10.1. The van der Waals surface area contributed by atoms with E-state index in [1.54, 1.807) is 31.2 Å². The van der Waals surface area contributed by atoms with E-state index in [1.165, 1.54) is 12.3 Å². The molecule has 3 aromatic rings. The first-order valence-electron chi connectivity index (χ1n) is 9.17. The van der Waals surface area contributed by atoms with Gasteiger partial charge in [-0.25, -0.2) is 10.2 Å². The van der Waals surface area contributed by atoms with Crippen molar-refractivity contribution in [3.8, 4) is 17.1 Å². The molecule has 0 atom stereocenters. The van der Waals surface area contributed by atoms with Crippen LogP contribution in [-0.4, -0.2) is 34.7 Å². The normalized spacial score (nSPS) is 10.8. The number of hydrogen-bond donors (Lipinski definition) is 2. The van der Waals surface area contributed by atoms with Crippen LogP contribution in [0.5, 0.6) is 5.75 Å². The largest absolute Gasteiger partial charge is 0.507 e. The number of non-ortho nitro benzene ring substituents is 1. The van der Waals surface area contributed by atoms with Crippen molar-refractivity contribution in [1.82, 2.24) is 5.43 Å². The van der Waals surface area contributed by atoms with Crippen molar-refractivity contribution in [3.05, 3.63) is 80.6 Å². The second-order valence-electron chi connectivity index (χ2n) is 6.27. The molecular weight excluding hydrogens is 442 g/mol. The SMILES string of the molecule is CCOC(=O)c1cc(-c2ccc(/C=N\NC(=O)c3cc([N+](=O)[O-])ccc3O)o2)ccc1Cl. The summed E-state index contributed by atoms with van der Waals surface area (Å²) in [7, 11) is 0. The summed E-state index contributed by atoms with van der Waals surface area (Å²) in [5.74, 6) is -1.14. The number of amides is 1. The number of rotatable bonds is 7. The second kappa shape index (κ2) is 9.75. The Labute approximate surface area is 186 Å². The van der Waals surface area contributed by atoms with Crippen LogP contribution in [0.4, 0.5) is 5.69 Å². The molecule has 0 aliphatic heterocycles. The first-order chi connectivity index (χ1) is 15.3. The number of halogens is 1. The van der Waals surface area contributed by atoms with E-state index in [2.05, 4.69) is 10.5 Å².